The van der Waals surface area contributed by atoms with Crippen molar-refractivity contribution in [3.63, 3.8) is 0 Å². The van der Waals surface area contributed by atoms with Crippen LogP contribution in [0.15, 0.2) is 24.3 Å². The third-order valence-electron chi connectivity index (χ3n) is 2.28. The lowest BCUT2D eigenvalue weighted by atomic mass is 10.2. The van der Waals surface area contributed by atoms with Crippen LogP contribution in [0.5, 0.6) is 5.75 Å². The van der Waals surface area contributed by atoms with Gasteiger partial charge < -0.3 is 14.6 Å². The van der Waals surface area contributed by atoms with E-state index in [1.165, 1.54) is 30.7 Å². The zero-order valence-electron chi connectivity index (χ0n) is 8.68. The third kappa shape index (κ3) is 3.67. The fraction of sp³-hybridized carbons (Fsp3) is 0.364. The quantitative estimate of drug-likeness (QED) is 0.827. The van der Waals surface area contributed by atoms with Gasteiger partial charge >= 0.3 is 12.6 Å². The first-order chi connectivity index (χ1) is 8.06. The van der Waals surface area contributed by atoms with Crippen molar-refractivity contribution >= 4 is 5.97 Å². The Morgan fingerprint density at radius 2 is 1.82 bits per heavy atom. The summed E-state index contributed by atoms with van der Waals surface area (Å²) < 4.78 is 32.1. The van der Waals surface area contributed by atoms with Crippen LogP contribution in [0.25, 0.3) is 0 Å². The molecule has 17 heavy (non-hydrogen) atoms. The van der Waals surface area contributed by atoms with Gasteiger partial charge in [-0.3, -0.25) is 0 Å². The molecule has 2 aliphatic rings. The maximum absolute atomic E-state index is 11.6. The molecule has 1 N–H and O–H groups in total. The van der Waals surface area contributed by atoms with E-state index in [-0.39, 0.29) is 11.3 Å². The van der Waals surface area contributed by atoms with Crippen molar-refractivity contribution in [1.82, 2.24) is 0 Å². The molecule has 92 valence electrons. The van der Waals surface area contributed by atoms with E-state index >= 15 is 0 Å². The topological polar surface area (TPSA) is 59.1 Å². The first kappa shape index (κ1) is 11.8. The normalized spacial score (nSPS) is 23.2. The SMILES string of the molecule is C1C2OC12.O=C(O)c1ccc(OC(F)F)cc1. The van der Waals surface area contributed by atoms with Gasteiger partial charge in [0.25, 0.3) is 0 Å². The number of carboxylic acids is 1. The van der Waals surface area contributed by atoms with Crippen LogP contribution >= 0.6 is 0 Å². The van der Waals surface area contributed by atoms with E-state index in [1.807, 2.05) is 0 Å². The molecule has 2 atom stereocenters. The number of alkyl halides is 2. The highest BCUT2D eigenvalue weighted by Crippen LogP contribution is 2.45. The number of fused-ring (bicyclic) bond motifs is 1. The van der Waals surface area contributed by atoms with Gasteiger partial charge in [-0.15, -0.1) is 0 Å². The van der Waals surface area contributed by atoms with E-state index < -0.39 is 12.6 Å². The summed E-state index contributed by atoms with van der Waals surface area (Å²) in [5.41, 5.74) is 0.0293. The molecular formula is C11H10F2O4. The molecular weight excluding hydrogens is 234 g/mol. The van der Waals surface area contributed by atoms with Gasteiger partial charge in [-0.2, -0.15) is 8.78 Å². The lowest BCUT2D eigenvalue weighted by Crippen LogP contribution is -2.02. The molecule has 0 amide bonds. The number of hydrogen-bond donors (Lipinski definition) is 1. The number of rotatable bonds is 3. The molecule has 4 nitrogen and oxygen atoms in total. The van der Waals surface area contributed by atoms with Gasteiger partial charge in [0.1, 0.15) is 5.75 Å². The Kier molecular flexibility index (Phi) is 3.23. The van der Waals surface area contributed by atoms with Crippen molar-refractivity contribution in [2.24, 2.45) is 0 Å². The number of halogens is 2. The second-order valence-electron chi connectivity index (χ2n) is 3.66. The third-order valence-corrected chi connectivity index (χ3v) is 2.28. The minimum atomic E-state index is -2.89. The number of benzene rings is 1. The summed E-state index contributed by atoms with van der Waals surface area (Å²) in [7, 11) is 0. The molecule has 1 aromatic rings. The van der Waals surface area contributed by atoms with Crippen molar-refractivity contribution in [1.29, 1.82) is 0 Å². The fourth-order valence-corrected chi connectivity index (χ4v) is 1.10. The smallest absolute Gasteiger partial charge is 0.387 e. The summed E-state index contributed by atoms with van der Waals surface area (Å²) in [6.07, 6.45) is 2.86. The molecule has 1 saturated carbocycles. The zero-order valence-corrected chi connectivity index (χ0v) is 8.68. The predicted octanol–water partition coefficient (Wildman–Crippen LogP) is 2.14. The van der Waals surface area contributed by atoms with E-state index in [2.05, 4.69) is 4.74 Å². The van der Waals surface area contributed by atoms with Crippen LogP contribution < -0.4 is 4.74 Å². The first-order valence-electron chi connectivity index (χ1n) is 5.00. The molecule has 1 saturated heterocycles. The number of epoxide rings is 1. The van der Waals surface area contributed by atoms with E-state index in [0.717, 1.165) is 12.2 Å². The molecule has 0 aromatic heterocycles. The second kappa shape index (κ2) is 4.67. The van der Waals surface area contributed by atoms with E-state index in [0.29, 0.717) is 0 Å². The Labute approximate surface area is 95.8 Å². The Hall–Kier alpha value is -1.69. The van der Waals surface area contributed by atoms with Gasteiger partial charge in [0.15, 0.2) is 0 Å². The molecule has 1 aromatic carbocycles. The Balaban J connectivity index is 0.000000218. The molecule has 0 radical (unpaired) electrons. The highest BCUT2D eigenvalue weighted by atomic mass is 19.3. The molecule has 0 bridgehead atoms. The van der Waals surface area contributed by atoms with Gasteiger partial charge in [-0.25, -0.2) is 4.79 Å². The van der Waals surface area contributed by atoms with Gasteiger partial charge in [0.05, 0.1) is 17.8 Å². The van der Waals surface area contributed by atoms with E-state index in [4.69, 9.17) is 9.84 Å². The van der Waals surface area contributed by atoms with E-state index in [1.54, 1.807) is 0 Å². The van der Waals surface area contributed by atoms with Crippen LogP contribution in [-0.4, -0.2) is 29.9 Å². The van der Waals surface area contributed by atoms with Crippen molar-refractivity contribution in [2.45, 2.75) is 25.2 Å². The summed E-state index contributed by atoms with van der Waals surface area (Å²) in [6.45, 7) is -2.89. The predicted molar refractivity (Wildman–Crippen MR) is 53.3 cm³/mol. The van der Waals surface area contributed by atoms with Gasteiger partial charge in [0.2, 0.25) is 0 Å². The number of hydrogen-bond acceptors (Lipinski definition) is 3. The van der Waals surface area contributed by atoms with Crippen LogP contribution in [-0.2, 0) is 4.74 Å². The highest BCUT2D eigenvalue weighted by Gasteiger charge is 2.56. The summed E-state index contributed by atoms with van der Waals surface area (Å²) in [4.78, 5) is 10.3. The van der Waals surface area contributed by atoms with Crippen LogP contribution in [0.4, 0.5) is 8.78 Å². The molecule has 2 unspecified atom stereocenters. The second-order valence-corrected chi connectivity index (χ2v) is 3.66. The van der Waals surface area contributed by atoms with Crippen molar-refractivity contribution in [3.05, 3.63) is 29.8 Å². The van der Waals surface area contributed by atoms with Crippen LogP contribution in [0, 0.1) is 0 Å². The Morgan fingerprint density at radius 3 is 2.12 bits per heavy atom. The average molecular weight is 244 g/mol. The Morgan fingerprint density at radius 1 is 1.35 bits per heavy atom. The molecule has 1 aliphatic carbocycles. The summed E-state index contributed by atoms with van der Waals surface area (Å²) in [5.74, 6) is -1.16. The highest BCUT2D eigenvalue weighted by molar-refractivity contribution is 5.87. The fourth-order valence-electron chi connectivity index (χ4n) is 1.10. The van der Waals surface area contributed by atoms with Crippen LogP contribution in [0.3, 0.4) is 0 Å². The zero-order chi connectivity index (χ0) is 12.4. The van der Waals surface area contributed by atoms with Crippen LogP contribution in [0.2, 0.25) is 0 Å². The molecule has 1 aliphatic heterocycles. The molecule has 6 heteroatoms. The van der Waals surface area contributed by atoms with Crippen LogP contribution in [0.1, 0.15) is 16.8 Å². The minimum Gasteiger partial charge on any atom is -0.478 e. The number of carboxylic acid groups (broad SMARTS) is 1. The largest absolute Gasteiger partial charge is 0.478 e. The summed E-state index contributed by atoms with van der Waals surface area (Å²) in [6, 6.07) is 4.74. The molecule has 0 spiro atoms. The standard InChI is InChI=1S/C8H6F2O3.C3H4O/c9-8(10)13-6-3-1-5(2-4-6)7(11)12;1-2-3(1)4-2/h1-4,8H,(H,11,12);2-3H,1H2. The number of aromatic carboxylic acids is 1. The van der Waals surface area contributed by atoms with Crippen molar-refractivity contribution in [3.8, 4) is 5.75 Å². The summed E-state index contributed by atoms with van der Waals surface area (Å²) in [5, 5.41) is 8.47. The van der Waals surface area contributed by atoms with Crippen molar-refractivity contribution < 1.29 is 28.2 Å². The van der Waals surface area contributed by atoms with Crippen molar-refractivity contribution in [2.75, 3.05) is 0 Å². The molecule has 3 rings (SSSR count). The lowest BCUT2D eigenvalue weighted by Gasteiger charge is -2.03. The molecule has 2 fully saturated rings. The Bertz CT molecular complexity index is 392. The molecule has 1 heterocycles. The average Bonchev–Trinajstić information content (AvgIpc) is 3.06. The van der Waals surface area contributed by atoms with E-state index in [9.17, 15) is 13.6 Å². The van der Waals surface area contributed by atoms with Gasteiger partial charge in [-0.1, -0.05) is 0 Å². The lowest BCUT2D eigenvalue weighted by molar-refractivity contribution is -0.0498. The first-order valence-corrected chi connectivity index (χ1v) is 5.00. The van der Waals surface area contributed by atoms with Gasteiger partial charge in [0, 0.05) is 6.42 Å². The number of ether oxygens (including phenoxy) is 2. The summed E-state index contributed by atoms with van der Waals surface area (Å²) >= 11 is 0. The maximum Gasteiger partial charge on any atom is 0.387 e. The minimum absolute atomic E-state index is 0.0293. The number of carbonyl (C=O) groups is 1. The maximum atomic E-state index is 11.6. The monoisotopic (exact) mass is 244 g/mol. The van der Waals surface area contributed by atoms with Gasteiger partial charge in [-0.05, 0) is 24.3 Å².